The fourth-order valence-corrected chi connectivity index (χ4v) is 4.58. The monoisotopic (exact) mass is 333 g/mol. The molecule has 0 saturated carbocycles. The standard InChI is InChI=1S/C18H23NO3S/c1-3-13-6-4-5-7-15(13)19-11-14(10-16(19)20)17(21)22-18(2)8-9-23-12-18/h4-7,14H,3,8-12H2,1-2H3/t14-,18-/m1/s1. The Labute approximate surface area is 141 Å². The van der Waals surface area contributed by atoms with Gasteiger partial charge in [-0.15, -0.1) is 0 Å². The maximum absolute atomic E-state index is 12.5. The number of nitrogens with zero attached hydrogens (tertiary/aromatic N) is 1. The van der Waals surface area contributed by atoms with Crippen molar-refractivity contribution in [1.29, 1.82) is 0 Å². The Bertz CT molecular complexity index is 610. The van der Waals surface area contributed by atoms with Gasteiger partial charge in [-0.05, 0) is 37.1 Å². The molecule has 124 valence electrons. The van der Waals surface area contributed by atoms with Crippen LogP contribution in [0, 0.1) is 5.92 Å². The summed E-state index contributed by atoms with van der Waals surface area (Å²) in [5.74, 6) is 1.32. The quantitative estimate of drug-likeness (QED) is 0.795. The smallest absolute Gasteiger partial charge is 0.311 e. The molecule has 3 rings (SSSR count). The maximum Gasteiger partial charge on any atom is 0.311 e. The first-order valence-electron chi connectivity index (χ1n) is 8.21. The van der Waals surface area contributed by atoms with Crippen LogP contribution in [0.3, 0.4) is 0 Å². The van der Waals surface area contributed by atoms with E-state index in [1.165, 1.54) is 0 Å². The van der Waals surface area contributed by atoms with Gasteiger partial charge in [0, 0.05) is 24.4 Å². The SMILES string of the molecule is CCc1ccccc1N1C[C@H](C(=O)O[C@]2(C)CCSC2)CC1=O. The van der Waals surface area contributed by atoms with Crippen molar-refractivity contribution < 1.29 is 14.3 Å². The highest BCUT2D eigenvalue weighted by Gasteiger charge is 2.40. The van der Waals surface area contributed by atoms with Crippen molar-refractivity contribution in [2.75, 3.05) is 23.0 Å². The van der Waals surface area contributed by atoms with Crippen LogP contribution in [0.25, 0.3) is 0 Å². The molecule has 2 aliphatic rings. The van der Waals surface area contributed by atoms with Gasteiger partial charge in [0.15, 0.2) is 0 Å². The van der Waals surface area contributed by atoms with Crippen molar-refractivity contribution >= 4 is 29.3 Å². The third kappa shape index (κ3) is 3.39. The van der Waals surface area contributed by atoms with E-state index in [1.54, 1.807) is 4.90 Å². The average Bonchev–Trinajstić information content (AvgIpc) is 3.13. The summed E-state index contributed by atoms with van der Waals surface area (Å²) < 4.78 is 5.73. The van der Waals surface area contributed by atoms with Crippen molar-refractivity contribution in [3.8, 4) is 0 Å². The van der Waals surface area contributed by atoms with Crippen LogP contribution in [-0.4, -0.2) is 35.5 Å². The number of carbonyl (C=O) groups excluding carboxylic acids is 2. The van der Waals surface area contributed by atoms with Crippen LogP contribution >= 0.6 is 11.8 Å². The van der Waals surface area contributed by atoms with Gasteiger partial charge in [-0.1, -0.05) is 25.1 Å². The zero-order valence-corrected chi connectivity index (χ0v) is 14.5. The minimum Gasteiger partial charge on any atom is -0.458 e. The van der Waals surface area contributed by atoms with E-state index >= 15 is 0 Å². The molecule has 0 bridgehead atoms. The second-order valence-corrected chi connectivity index (χ2v) is 7.67. The molecule has 0 spiro atoms. The largest absolute Gasteiger partial charge is 0.458 e. The molecule has 1 aromatic rings. The molecule has 4 nitrogen and oxygen atoms in total. The van der Waals surface area contributed by atoms with Gasteiger partial charge in [0.1, 0.15) is 5.60 Å². The highest BCUT2D eigenvalue weighted by atomic mass is 32.2. The Balaban J connectivity index is 1.71. The van der Waals surface area contributed by atoms with E-state index < -0.39 is 0 Å². The number of esters is 1. The van der Waals surface area contributed by atoms with Crippen molar-refractivity contribution in [2.45, 2.75) is 38.7 Å². The highest BCUT2D eigenvalue weighted by molar-refractivity contribution is 7.99. The molecular formula is C18H23NO3S. The van der Waals surface area contributed by atoms with E-state index in [2.05, 4.69) is 6.92 Å². The van der Waals surface area contributed by atoms with E-state index in [1.807, 2.05) is 43.0 Å². The second kappa shape index (κ2) is 6.56. The summed E-state index contributed by atoms with van der Waals surface area (Å²) in [5, 5.41) is 0. The lowest BCUT2D eigenvalue weighted by Crippen LogP contribution is -2.35. The van der Waals surface area contributed by atoms with Crippen molar-refractivity contribution in [3.05, 3.63) is 29.8 Å². The summed E-state index contributed by atoms with van der Waals surface area (Å²) in [6.45, 7) is 4.49. The van der Waals surface area contributed by atoms with Crippen molar-refractivity contribution in [3.63, 3.8) is 0 Å². The van der Waals surface area contributed by atoms with Gasteiger partial charge in [-0.25, -0.2) is 0 Å². The molecule has 2 saturated heterocycles. The zero-order chi connectivity index (χ0) is 16.4. The molecule has 23 heavy (non-hydrogen) atoms. The number of thioether (sulfide) groups is 1. The molecule has 0 N–H and O–H groups in total. The molecule has 0 radical (unpaired) electrons. The van der Waals surface area contributed by atoms with E-state index in [0.29, 0.717) is 6.54 Å². The Morgan fingerprint density at radius 2 is 2.22 bits per heavy atom. The molecule has 2 heterocycles. The van der Waals surface area contributed by atoms with Crippen LogP contribution < -0.4 is 4.90 Å². The third-order valence-corrected chi connectivity index (χ3v) is 5.96. The minimum absolute atomic E-state index is 0.0128. The van der Waals surface area contributed by atoms with Gasteiger partial charge < -0.3 is 9.64 Å². The third-order valence-electron chi connectivity index (χ3n) is 4.65. The van der Waals surface area contributed by atoms with Gasteiger partial charge in [-0.2, -0.15) is 11.8 Å². The van der Waals surface area contributed by atoms with Crippen molar-refractivity contribution in [1.82, 2.24) is 0 Å². The topological polar surface area (TPSA) is 46.6 Å². The zero-order valence-electron chi connectivity index (χ0n) is 13.7. The van der Waals surface area contributed by atoms with Crippen molar-refractivity contribution in [2.24, 2.45) is 5.92 Å². The Kier molecular flexibility index (Phi) is 4.67. The maximum atomic E-state index is 12.5. The van der Waals surface area contributed by atoms with Gasteiger partial charge in [0.25, 0.3) is 0 Å². The summed E-state index contributed by atoms with van der Waals surface area (Å²) >= 11 is 1.81. The number of anilines is 1. The van der Waals surface area contributed by atoms with Crippen LogP contribution in [0.4, 0.5) is 5.69 Å². The number of ether oxygens (including phenoxy) is 1. The number of benzene rings is 1. The van der Waals surface area contributed by atoms with E-state index in [0.717, 1.165) is 35.6 Å². The van der Waals surface area contributed by atoms with Crippen LogP contribution in [0.5, 0.6) is 0 Å². The predicted molar refractivity (Wildman–Crippen MR) is 92.7 cm³/mol. The highest BCUT2D eigenvalue weighted by Crippen LogP contribution is 2.34. The fourth-order valence-electron chi connectivity index (χ4n) is 3.23. The minimum atomic E-state index is -0.362. The molecular weight excluding hydrogens is 310 g/mol. The Morgan fingerprint density at radius 1 is 1.43 bits per heavy atom. The molecule has 2 fully saturated rings. The second-order valence-electron chi connectivity index (χ2n) is 6.56. The summed E-state index contributed by atoms with van der Waals surface area (Å²) in [7, 11) is 0. The summed E-state index contributed by atoms with van der Waals surface area (Å²) in [5.41, 5.74) is 1.70. The Morgan fingerprint density at radius 3 is 2.91 bits per heavy atom. The molecule has 5 heteroatoms. The first-order valence-corrected chi connectivity index (χ1v) is 9.37. The lowest BCUT2D eigenvalue weighted by molar-refractivity contribution is -0.160. The van der Waals surface area contributed by atoms with Crippen LogP contribution in [0.1, 0.15) is 32.3 Å². The number of hydrogen-bond donors (Lipinski definition) is 0. The molecule has 1 amide bonds. The van der Waals surface area contributed by atoms with Crippen LogP contribution in [0.2, 0.25) is 0 Å². The number of para-hydroxylation sites is 1. The number of rotatable bonds is 4. The lowest BCUT2D eigenvalue weighted by atomic mass is 10.1. The lowest BCUT2D eigenvalue weighted by Gasteiger charge is -2.25. The normalized spacial score (nSPS) is 27.5. The predicted octanol–water partition coefficient (Wildman–Crippen LogP) is 3.04. The van der Waals surface area contributed by atoms with E-state index in [4.69, 9.17) is 4.74 Å². The van der Waals surface area contributed by atoms with E-state index in [9.17, 15) is 9.59 Å². The average molecular weight is 333 g/mol. The van der Waals surface area contributed by atoms with Crippen LogP contribution in [0.15, 0.2) is 24.3 Å². The number of aryl methyl sites for hydroxylation is 1. The fraction of sp³-hybridized carbons (Fsp3) is 0.556. The number of carbonyl (C=O) groups is 2. The first kappa shape index (κ1) is 16.4. The summed E-state index contributed by atoms with van der Waals surface area (Å²) in [6.07, 6.45) is 2.01. The van der Waals surface area contributed by atoms with Crippen LogP contribution in [-0.2, 0) is 20.7 Å². The number of amides is 1. The summed E-state index contributed by atoms with van der Waals surface area (Å²) in [4.78, 5) is 26.6. The van der Waals surface area contributed by atoms with Gasteiger partial charge in [0.05, 0.1) is 5.92 Å². The number of hydrogen-bond acceptors (Lipinski definition) is 4. The molecule has 0 aromatic heterocycles. The van der Waals surface area contributed by atoms with Gasteiger partial charge in [-0.3, -0.25) is 9.59 Å². The molecule has 0 aliphatic carbocycles. The first-order chi connectivity index (χ1) is 11.0. The van der Waals surface area contributed by atoms with Gasteiger partial charge >= 0.3 is 5.97 Å². The molecule has 2 aliphatic heterocycles. The van der Waals surface area contributed by atoms with E-state index in [-0.39, 0.29) is 29.8 Å². The molecule has 0 unspecified atom stereocenters. The van der Waals surface area contributed by atoms with Gasteiger partial charge in [0.2, 0.25) is 5.91 Å². The summed E-state index contributed by atoms with van der Waals surface area (Å²) in [6, 6.07) is 7.90. The Hall–Kier alpha value is -1.49. The molecule has 2 atom stereocenters. The molecule has 1 aromatic carbocycles.